The van der Waals surface area contributed by atoms with E-state index in [0.717, 1.165) is 55.4 Å². The summed E-state index contributed by atoms with van der Waals surface area (Å²) in [6.07, 6.45) is 9.25. The van der Waals surface area contributed by atoms with E-state index >= 15 is 0 Å². The molecule has 2 amide bonds. The fourth-order valence-corrected chi connectivity index (χ4v) is 4.01. The molecule has 5 heteroatoms. The SMILES string of the molecule is C=C/C(Br)=C\C=C(/C)CN(C(C)=O)C(=O)C1(C)CCN(CCCc2ccccc2)CC1. The van der Waals surface area contributed by atoms with E-state index in [-0.39, 0.29) is 11.8 Å². The number of aryl methyl sites for hydroxylation is 1. The number of rotatable bonds is 9. The smallest absolute Gasteiger partial charge is 0.235 e. The maximum atomic E-state index is 13.3. The van der Waals surface area contributed by atoms with Crippen LogP contribution in [0, 0.1) is 5.41 Å². The third kappa shape index (κ3) is 7.89. The zero-order valence-electron chi connectivity index (χ0n) is 19.1. The predicted octanol–water partition coefficient (Wildman–Crippen LogP) is 5.51. The molecule has 0 radical (unpaired) electrons. The summed E-state index contributed by atoms with van der Waals surface area (Å²) in [5, 5.41) is 0. The van der Waals surface area contributed by atoms with Crippen LogP contribution in [0.2, 0.25) is 0 Å². The van der Waals surface area contributed by atoms with Crippen LogP contribution in [0.25, 0.3) is 0 Å². The first-order chi connectivity index (χ1) is 14.7. The molecule has 0 aromatic heterocycles. The Morgan fingerprint density at radius 1 is 1.16 bits per heavy atom. The van der Waals surface area contributed by atoms with E-state index in [1.54, 1.807) is 6.08 Å². The van der Waals surface area contributed by atoms with Gasteiger partial charge in [0.15, 0.2) is 0 Å². The number of amides is 2. The highest BCUT2D eigenvalue weighted by Crippen LogP contribution is 2.33. The molecule has 0 bridgehead atoms. The quantitative estimate of drug-likeness (QED) is 0.432. The van der Waals surface area contributed by atoms with Crippen molar-refractivity contribution in [3.8, 4) is 0 Å². The molecule has 0 unspecified atom stereocenters. The predicted molar refractivity (Wildman–Crippen MR) is 132 cm³/mol. The molecule has 31 heavy (non-hydrogen) atoms. The van der Waals surface area contributed by atoms with Crippen LogP contribution in [0.5, 0.6) is 0 Å². The summed E-state index contributed by atoms with van der Waals surface area (Å²) >= 11 is 3.38. The number of piperidine rings is 1. The van der Waals surface area contributed by atoms with Crippen LogP contribution >= 0.6 is 15.9 Å². The van der Waals surface area contributed by atoms with Gasteiger partial charge in [0.25, 0.3) is 0 Å². The van der Waals surface area contributed by atoms with Crippen LogP contribution in [0.15, 0.2) is 65.2 Å². The molecule has 0 aliphatic carbocycles. The normalized spacial score (nSPS) is 17.3. The molecule has 1 aliphatic heterocycles. The van der Waals surface area contributed by atoms with E-state index in [4.69, 9.17) is 0 Å². The molecule has 1 saturated heterocycles. The average Bonchev–Trinajstić information content (AvgIpc) is 2.77. The van der Waals surface area contributed by atoms with E-state index in [9.17, 15) is 9.59 Å². The highest BCUT2D eigenvalue weighted by Gasteiger charge is 2.40. The van der Waals surface area contributed by atoms with E-state index in [2.05, 4.69) is 51.7 Å². The first-order valence-corrected chi connectivity index (χ1v) is 11.8. The van der Waals surface area contributed by atoms with E-state index in [1.165, 1.54) is 17.4 Å². The van der Waals surface area contributed by atoms with Gasteiger partial charge in [0, 0.05) is 23.4 Å². The Labute approximate surface area is 195 Å². The number of nitrogens with zero attached hydrogens (tertiary/aromatic N) is 2. The Bertz CT molecular complexity index is 821. The molecular formula is C26H35BrN2O2. The minimum absolute atomic E-state index is 0.0524. The fraction of sp³-hybridized carbons (Fsp3) is 0.462. The Morgan fingerprint density at radius 3 is 2.39 bits per heavy atom. The van der Waals surface area contributed by atoms with Crippen LogP contribution < -0.4 is 0 Å². The van der Waals surface area contributed by atoms with E-state index in [1.807, 2.05) is 32.1 Å². The number of likely N-dealkylation sites (tertiary alicyclic amines) is 1. The average molecular weight is 487 g/mol. The largest absolute Gasteiger partial charge is 0.303 e. The molecule has 0 N–H and O–H groups in total. The van der Waals surface area contributed by atoms with Gasteiger partial charge in [-0.2, -0.15) is 0 Å². The number of hydrogen-bond acceptors (Lipinski definition) is 3. The number of carbonyl (C=O) groups excluding carboxylic acids is 2. The number of benzene rings is 1. The molecule has 0 atom stereocenters. The number of hydrogen-bond donors (Lipinski definition) is 0. The summed E-state index contributed by atoms with van der Waals surface area (Å²) in [5.41, 5.74) is 1.83. The van der Waals surface area contributed by atoms with Crippen molar-refractivity contribution < 1.29 is 9.59 Å². The van der Waals surface area contributed by atoms with Crippen molar-refractivity contribution in [3.05, 3.63) is 70.8 Å². The molecule has 1 aliphatic rings. The van der Waals surface area contributed by atoms with Crippen LogP contribution in [-0.4, -0.2) is 47.8 Å². The van der Waals surface area contributed by atoms with Gasteiger partial charge >= 0.3 is 0 Å². The van der Waals surface area contributed by atoms with E-state index < -0.39 is 5.41 Å². The first-order valence-electron chi connectivity index (χ1n) is 11.0. The van der Waals surface area contributed by atoms with Crippen LogP contribution in [-0.2, 0) is 16.0 Å². The van der Waals surface area contributed by atoms with Gasteiger partial charge in [0.1, 0.15) is 0 Å². The number of carbonyl (C=O) groups is 2. The van der Waals surface area contributed by atoms with Gasteiger partial charge in [0.05, 0.1) is 0 Å². The molecule has 1 fully saturated rings. The topological polar surface area (TPSA) is 40.6 Å². The van der Waals surface area contributed by atoms with E-state index in [0.29, 0.717) is 6.54 Å². The monoisotopic (exact) mass is 486 g/mol. The molecule has 168 valence electrons. The number of allylic oxidation sites excluding steroid dienone is 4. The molecule has 1 aromatic carbocycles. The lowest BCUT2D eigenvalue weighted by molar-refractivity contribution is -0.151. The van der Waals surface area contributed by atoms with Gasteiger partial charge in [-0.05, 0) is 63.9 Å². The third-order valence-corrected chi connectivity index (χ3v) is 6.60. The van der Waals surface area contributed by atoms with Gasteiger partial charge in [-0.3, -0.25) is 14.5 Å². The van der Waals surface area contributed by atoms with Crippen molar-refractivity contribution in [2.75, 3.05) is 26.2 Å². The fourth-order valence-electron chi connectivity index (χ4n) is 3.88. The van der Waals surface area contributed by atoms with Gasteiger partial charge < -0.3 is 4.90 Å². The minimum Gasteiger partial charge on any atom is -0.303 e. The summed E-state index contributed by atoms with van der Waals surface area (Å²) in [6.45, 7) is 12.3. The lowest BCUT2D eigenvalue weighted by atomic mass is 9.78. The molecule has 4 nitrogen and oxygen atoms in total. The molecule has 0 saturated carbocycles. The Balaban J connectivity index is 1.91. The summed E-state index contributed by atoms with van der Waals surface area (Å²) < 4.78 is 0.860. The number of halogens is 1. The Morgan fingerprint density at radius 2 is 1.81 bits per heavy atom. The highest BCUT2D eigenvalue weighted by molar-refractivity contribution is 9.11. The zero-order chi connectivity index (χ0) is 22.9. The van der Waals surface area contributed by atoms with Crippen molar-refractivity contribution in [1.29, 1.82) is 0 Å². The van der Waals surface area contributed by atoms with Gasteiger partial charge in [-0.1, -0.05) is 77.5 Å². The molecule has 0 spiro atoms. The summed E-state index contributed by atoms with van der Waals surface area (Å²) in [7, 11) is 0. The van der Waals surface area contributed by atoms with Gasteiger partial charge in [-0.15, -0.1) is 0 Å². The summed E-state index contributed by atoms with van der Waals surface area (Å²) in [5.74, 6) is -0.250. The molecular weight excluding hydrogens is 452 g/mol. The maximum absolute atomic E-state index is 13.3. The highest BCUT2D eigenvalue weighted by atomic mass is 79.9. The standard InChI is InChI=1S/C26H35BrN2O2/c1-5-24(27)14-13-21(2)20-29(22(3)30)25(31)26(4)15-18-28(19-16-26)17-9-12-23-10-7-6-8-11-23/h5-8,10-11,13-14H,1,9,12,15-20H2,2-4H3/b21-13+,24-14+. The summed E-state index contributed by atoms with van der Waals surface area (Å²) in [6, 6.07) is 10.6. The molecule has 2 rings (SSSR count). The second-order valence-electron chi connectivity index (χ2n) is 8.67. The Kier molecular flexibility index (Phi) is 9.92. The third-order valence-electron chi connectivity index (χ3n) is 6.01. The maximum Gasteiger partial charge on any atom is 0.235 e. The minimum atomic E-state index is -0.487. The van der Waals surface area contributed by atoms with Crippen LogP contribution in [0.4, 0.5) is 0 Å². The van der Waals surface area contributed by atoms with Crippen LogP contribution in [0.1, 0.15) is 45.6 Å². The zero-order valence-corrected chi connectivity index (χ0v) is 20.7. The Hall–Kier alpha value is -1.98. The molecule has 1 heterocycles. The van der Waals surface area contributed by atoms with Crippen molar-refractivity contribution in [2.45, 2.75) is 46.5 Å². The van der Waals surface area contributed by atoms with Crippen molar-refractivity contribution in [3.63, 3.8) is 0 Å². The molecule has 1 aromatic rings. The van der Waals surface area contributed by atoms with Gasteiger partial charge in [-0.25, -0.2) is 0 Å². The van der Waals surface area contributed by atoms with Gasteiger partial charge in [0.2, 0.25) is 11.8 Å². The van der Waals surface area contributed by atoms with Crippen LogP contribution in [0.3, 0.4) is 0 Å². The van der Waals surface area contributed by atoms with Crippen molar-refractivity contribution in [1.82, 2.24) is 9.80 Å². The lowest BCUT2D eigenvalue weighted by Crippen LogP contribution is -2.50. The summed E-state index contributed by atoms with van der Waals surface area (Å²) in [4.78, 5) is 29.4. The van der Waals surface area contributed by atoms with Crippen molar-refractivity contribution >= 4 is 27.7 Å². The first kappa shape index (κ1) is 25.3. The van der Waals surface area contributed by atoms with Crippen molar-refractivity contribution in [2.24, 2.45) is 5.41 Å². The number of imide groups is 1. The lowest BCUT2D eigenvalue weighted by Gasteiger charge is -2.40. The second kappa shape index (κ2) is 12.2. The second-order valence-corrected chi connectivity index (χ2v) is 9.59.